The van der Waals surface area contributed by atoms with Crippen LogP contribution in [-0.4, -0.2) is 18.8 Å². The van der Waals surface area contributed by atoms with Gasteiger partial charge in [-0.1, -0.05) is 37.5 Å². The van der Waals surface area contributed by atoms with E-state index in [9.17, 15) is 0 Å². The van der Waals surface area contributed by atoms with Gasteiger partial charge in [-0.2, -0.15) is 0 Å². The van der Waals surface area contributed by atoms with Gasteiger partial charge in [0.2, 0.25) is 0 Å². The molecule has 0 bridgehead atoms. The summed E-state index contributed by atoms with van der Waals surface area (Å²) >= 11 is 1.95. The van der Waals surface area contributed by atoms with Crippen LogP contribution < -0.4 is 5.32 Å². The number of allylic oxidation sites excluding steroid dienone is 5. The average Bonchev–Trinajstić information content (AvgIpc) is 2.65. The van der Waals surface area contributed by atoms with Gasteiger partial charge in [-0.05, 0) is 31.5 Å². The molecule has 1 spiro atoms. The van der Waals surface area contributed by atoms with Gasteiger partial charge < -0.3 is 5.32 Å². The van der Waals surface area contributed by atoms with E-state index in [4.69, 9.17) is 0 Å². The van der Waals surface area contributed by atoms with Crippen LogP contribution >= 0.6 is 11.8 Å². The molecule has 2 aliphatic heterocycles. The topological polar surface area (TPSA) is 12.0 Å². The van der Waals surface area contributed by atoms with Crippen LogP contribution in [-0.2, 0) is 0 Å². The van der Waals surface area contributed by atoms with Gasteiger partial charge in [0.05, 0.1) is 0 Å². The van der Waals surface area contributed by atoms with E-state index in [-0.39, 0.29) is 0 Å². The van der Waals surface area contributed by atoms with E-state index < -0.39 is 0 Å². The first-order valence-electron chi connectivity index (χ1n) is 5.82. The maximum absolute atomic E-state index is 3.92. The number of rotatable bonds is 3. The molecule has 1 nitrogen and oxygen atoms in total. The van der Waals surface area contributed by atoms with Crippen LogP contribution in [0.15, 0.2) is 47.9 Å². The molecule has 2 aliphatic rings. The summed E-state index contributed by atoms with van der Waals surface area (Å²) in [5.41, 5.74) is 1.87. The van der Waals surface area contributed by atoms with Gasteiger partial charge >= 0.3 is 0 Å². The second kappa shape index (κ2) is 5.07. The predicted octanol–water partition coefficient (Wildman–Crippen LogP) is 3.29. The fourth-order valence-electron chi connectivity index (χ4n) is 2.54. The van der Waals surface area contributed by atoms with Crippen LogP contribution in [0.2, 0.25) is 0 Å². The molecule has 0 radical (unpaired) electrons. The Labute approximate surface area is 102 Å². The Morgan fingerprint density at radius 2 is 2.00 bits per heavy atom. The summed E-state index contributed by atoms with van der Waals surface area (Å²) in [6.45, 7) is 9.95. The molecule has 0 unspecified atom stereocenters. The maximum atomic E-state index is 3.92. The second-order valence-corrected chi connectivity index (χ2v) is 5.41. The highest BCUT2D eigenvalue weighted by molar-refractivity contribution is 8.03. The third-order valence-electron chi connectivity index (χ3n) is 3.49. The fraction of sp³-hybridized carbons (Fsp3) is 0.429. The zero-order chi connectivity index (χ0) is 11.4. The van der Waals surface area contributed by atoms with Gasteiger partial charge in [-0.15, -0.1) is 11.8 Å². The lowest BCUT2D eigenvalue weighted by Crippen LogP contribution is -2.38. The van der Waals surface area contributed by atoms with Crippen LogP contribution in [0.25, 0.3) is 0 Å². The van der Waals surface area contributed by atoms with Crippen LogP contribution in [0.5, 0.6) is 0 Å². The van der Waals surface area contributed by atoms with Crippen LogP contribution in [0.4, 0.5) is 0 Å². The summed E-state index contributed by atoms with van der Waals surface area (Å²) in [5.74, 6) is 1.22. The van der Waals surface area contributed by atoms with Crippen molar-refractivity contribution in [2.24, 2.45) is 5.41 Å². The van der Waals surface area contributed by atoms with Crippen molar-refractivity contribution < 1.29 is 0 Å². The lowest BCUT2D eigenvalue weighted by Gasteiger charge is -2.35. The Balaban J connectivity index is 2.32. The Morgan fingerprint density at radius 3 is 2.62 bits per heavy atom. The monoisotopic (exact) mass is 233 g/mol. The highest BCUT2D eigenvalue weighted by Gasteiger charge is 2.40. The molecule has 0 aromatic rings. The maximum Gasteiger partial charge on any atom is 0.0104 e. The van der Waals surface area contributed by atoms with E-state index in [0.29, 0.717) is 5.41 Å². The predicted molar refractivity (Wildman–Crippen MR) is 73.6 cm³/mol. The van der Waals surface area contributed by atoms with Crippen molar-refractivity contribution in [2.75, 3.05) is 18.8 Å². The zero-order valence-electron chi connectivity index (χ0n) is 9.67. The molecule has 0 amide bonds. The Kier molecular flexibility index (Phi) is 3.72. The molecule has 2 heteroatoms. The summed E-state index contributed by atoms with van der Waals surface area (Å²) < 4.78 is 0. The van der Waals surface area contributed by atoms with E-state index >= 15 is 0 Å². The summed E-state index contributed by atoms with van der Waals surface area (Å²) in [6, 6.07) is 0. The molecule has 86 valence electrons. The Hall–Kier alpha value is -0.730. The standard InChI is InChI=1S/C14H19NS/c1-3-5-6-12-13(4-2)16-11-14(12)7-9-15-10-8-14/h3-6,15H,1-2,7-11H2/b6-5-. The first-order chi connectivity index (χ1) is 7.82. The highest BCUT2D eigenvalue weighted by Crippen LogP contribution is 2.50. The summed E-state index contributed by atoms with van der Waals surface area (Å²) in [7, 11) is 0. The van der Waals surface area contributed by atoms with Crippen molar-refractivity contribution in [2.45, 2.75) is 12.8 Å². The van der Waals surface area contributed by atoms with Crippen molar-refractivity contribution in [3.05, 3.63) is 47.9 Å². The van der Waals surface area contributed by atoms with Crippen molar-refractivity contribution >= 4 is 11.8 Å². The third kappa shape index (κ3) is 2.04. The van der Waals surface area contributed by atoms with Gasteiger partial charge in [0.1, 0.15) is 0 Å². The molecule has 2 rings (SSSR count). The lowest BCUT2D eigenvalue weighted by atomic mass is 9.74. The van der Waals surface area contributed by atoms with Crippen LogP contribution in [0.1, 0.15) is 12.8 Å². The van der Waals surface area contributed by atoms with E-state index in [2.05, 4.69) is 30.6 Å². The summed E-state index contributed by atoms with van der Waals surface area (Å²) in [4.78, 5) is 1.36. The van der Waals surface area contributed by atoms with Crippen LogP contribution in [0.3, 0.4) is 0 Å². The summed E-state index contributed by atoms with van der Waals surface area (Å²) in [5, 5.41) is 3.44. The molecule has 1 fully saturated rings. The normalized spacial score (nSPS) is 24.2. The molecule has 16 heavy (non-hydrogen) atoms. The quantitative estimate of drug-likeness (QED) is 0.751. The van der Waals surface area contributed by atoms with E-state index in [1.165, 1.54) is 29.1 Å². The molecule has 0 aromatic carbocycles. The number of piperidine rings is 1. The van der Waals surface area contributed by atoms with Crippen molar-refractivity contribution in [1.82, 2.24) is 5.32 Å². The molecule has 1 saturated heterocycles. The van der Waals surface area contributed by atoms with E-state index in [0.717, 1.165) is 13.1 Å². The lowest BCUT2D eigenvalue weighted by molar-refractivity contribution is 0.298. The van der Waals surface area contributed by atoms with Gasteiger partial charge in [0.15, 0.2) is 0 Å². The Bertz CT molecular complexity index is 346. The highest BCUT2D eigenvalue weighted by atomic mass is 32.2. The average molecular weight is 233 g/mol. The molecule has 0 saturated carbocycles. The number of thioether (sulfide) groups is 1. The fourth-order valence-corrected chi connectivity index (χ4v) is 3.98. The largest absolute Gasteiger partial charge is 0.317 e. The first kappa shape index (κ1) is 11.7. The molecule has 2 heterocycles. The Morgan fingerprint density at radius 1 is 1.25 bits per heavy atom. The van der Waals surface area contributed by atoms with Crippen molar-refractivity contribution in [3.63, 3.8) is 0 Å². The molecule has 1 N–H and O–H groups in total. The SMILES string of the molecule is C=C/C=C\C1=C(C=C)SCC12CCNCC2. The smallest absolute Gasteiger partial charge is 0.0104 e. The first-order valence-corrected chi connectivity index (χ1v) is 6.81. The zero-order valence-corrected chi connectivity index (χ0v) is 10.5. The van der Waals surface area contributed by atoms with Gasteiger partial charge in [0.25, 0.3) is 0 Å². The molecular formula is C14H19NS. The van der Waals surface area contributed by atoms with Crippen molar-refractivity contribution in [1.29, 1.82) is 0 Å². The molecule has 0 aromatic heterocycles. The van der Waals surface area contributed by atoms with Gasteiger partial charge in [0, 0.05) is 16.1 Å². The minimum atomic E-state index is 0.388. The minimum absolute atomic E-state index is 0.388. The second-order valence-electron chi connectivity index (χ2n) is 4.40. The molecular weight excluding hydrogens is 214 g/mol. The third-order valence-corrected chi connectivity index (χ3v) is 4.88. The van der Waals surface area contributed by atoms with Crippen molar-refractivity contribution in [3.8, 4) is 0 Å². The van der Waals surface area contributed by atoms with Crippen LogP contribution in [0, 0.1) is 5.41 Å². The van der Waals surface area contributed by atoms with Gasteiger partial charge in [-0.25, -0.2) is 0 Å². The summed E-state index contributed by atoms with van der Waals surface area (Å²) in [6.07, 6.45) is 10.6. The molecule has 0 atom stereocenters. The number of hydrogen-bond acceptors (Lipinski definition) is 2. The number of hydrogen-bond donors (Lipinski definition) is 1. The van der Waals surface area contributed by atoms with E-state index in [1.807, 2.05) is 23.9 Å². The number of nitrogens with one attached hydrogen (secondary N) is 1. The van der Waals surface area contributed by atoms with Gasteiger partial charge in [-0.3, -0.25) is 0 Å². The molecule has 0 aliphatic carbocycles. The van der Waals surface area contributed by atoms with E-state index in [1.54, 1.807) is 0 Å². The minimum Gasteiger partial charge on any atom is -0.317 e.